The highest BCUT2D eigenvalue weighted by Gasteiger charge is 2.09. The van der Waals surface area contributed by atoms with Gasteiger partial charge in [-0.15, -0.1) is 11.3 Å². The second-order valence-corrected chi connectivity index (χ2v) is 6.00. The maximum absolute atomic E-state index is 11.9. The fourth-order valence-corrected chi connectivity index (χ4v) is 2.89. The van der Waals surface area contributed by atoms with Crippen molar-refractivity contribution >= 4 is 17.2 Å². The van der Waals surface area contributed by atoms with Crippen molar-refractivity contribution in [3.05, 3.63) is 51.2 Å². The summed E-state index contributed by atoms with van der Waals surface area (Å²) in [5.41, 5.74) is 3.29. The zero-order valence-electron chi connectivity index (χ0n) is 12.7. The fraction of sp³-hybridized carbons (Fsp3) is 0.353. The number of rotatable bonds is 6. The minimum atomic E-state index is 0.000159. The van der Waals surface area contributed by atoms with Gasteiger partial charge in [0.15, 0.2) is 0 Å². The predicted octanol–water partition coefficient (Wildman–Crippen LogP) is 4.08. The number of nitrogens with one attached hydrogen (secondary N) is 1. The Bertz CT molecular complexity index is 599. The van der Waals surface area contributed by atoms with E-state index in [2.05, 4.69) is 5.32 Å². The largest absolute Gasteiger partial charge is 0.488 e. The number of carbonyl (C=O) groups is 1. The number of carbonyl (C=O) groups excluding carboxylic acids is 1. The van der Waals surface area contributed by atoms with Gasteiger partial charge in [0.05, 0.1) is 4.88 Å². The summed E-state index contributed by atoms with van der Waals surface area (Å²) in [6.45, 7) is 7.33. The van der Waals surface area contributed by atoms with Crippen LogP contribution in [0, 0.1) is 13.8 Å². The molecule has 2 aromatic rings. The van der Waals surface area contributed by atoms with Gasteiger partial charge in [0.1, 0.15) is 12.4 Å². The molecular formula is C17H21NO2S. The maximum atomic E-state index is 11.9. The van der Waals surface area contributed by atoms with Crippen LogP contribution in [0.3, 0.4) is 0 Å². The molecule has 0 saturated carbocycles. The first-order chi connectivity index (χ1) is 10.1. The van der Waals surface area contributed by atoms with E-state index >= 15 is 0 Å². The topological polar surface area (TPSA) is 38.3 Å². The van der Waals surface area contributed by atoms with Crippen molar-refractivity contribution in [1.29, 1.82) is 0 Å². The van der Waals surface area contributed by atoms with Crippen LogP contribution in [-0.4, -0.2) is 12.5 Å². The van der Waals surface area contributed by atoms with E-state index in [-0.39, 0.29) is 5.91 Å². The van der Waals surface area contributed by atoms with Crippen LogP contribution in [0.25, 0.3) is 0 Å². The van der Waals surface area contributed by atoms with E-state index in [1.165, 1.54) is 11.3 Å². The molecular weight excluding hydrogens is 282 g/mol. The molecule has 112 valence electrons. The van der Waals surface area contributed by atoms with Crippen molar-refractivity contribution in [1.82, 2.24) is 5.32 Å². The molecule has 1 heterocycles. The second kappa shape index (κ2) is 7.27. The van der Waals surface area contributed by atoms with Gasteiger partial charge in [-0.3, -0.25) is 4.79 Å². The van der Waals surface area contributed by atoms with Gasteiger partial charge in [0, 0.05) is 12.1 Å². The summed E-state index contributed by atoms with van der Waals surface area (Å²) in [5, 5.41) is 4.87. The lowest BCUT2D eigenvalue weighted by atomic mass is 10.1. The normalized spacial score (nSPS) is 10.4. The summed E-state index contributed by atoms with van der Waals surface area (Å²) in [5.74, 6) is 0.931. The van der Waals surface area contributed by atoms with E-state index < -0.39 is 0 Å². The molecule has 21 heavy (non-hydrogen) atoms. The first-order valence-corrected chi connectivity index (χ1v) is 8.04. The molecule has 1 aromatic carbocycles. The lowest BCUT2D eigenvalue weighted by Crippen LogP contribution is -2.22. The van der Waals surface area contributed by atoms with Crippen LogP contribution in [-0.2, 0) is 6.61 Å². The Kier molecular flexibility index (Phi) is 5.39. The third kappa shape index (κ3) is 4.08. The van der Waals surface area contributed by atoms with E-state index in [9.17, 15) is 4.79 Å². The van der Waals surface area contributed by atoms with Crippen LogP contribution in [0.15, 0.2) is 29.6 Å². The van der Waals surface area contributed by atoms with E-state index in [1.54, 1.807) is 0 Å². The quantitative estimate of drug-likeness (QED) is 0.873. The Morgan fingerprint density at radius 3 is 2.67 bits per heavy atom. The highest BCUT2D eigenvalue weighted by Crippen LogP contribution is 2.24. The molecule has 1 aromatic heterocycles. The van der Waals surface area contributed by atoms with Gasteiger partial charge in [-0.05, 0) is 42.8 Å². The molecule has 0 bridgehead atoms. The first-order valence-electron chi connectivity index (χ1n) is 7.16. The van der Waals surface area contributed by atoms with Gasteiger partial charge in [-0.2, -0.15) is 0 Å². The first kappa shape index (κ1) is 15.6. The SMILES string of the molecule is CCCNC(=O)c1cc(COc2c(C)cccc2C)cs1. The Balaban J connectivity index is 1.98. The molecule has 4 heteroatoms. The molecule has 0 saturated heterocycles. The van der Waals surface area contributed by atoms with E-state index in [1.807, 2.05) is 50.4 Å². The zero-order valence-corrected chi connectivity index (χ0v) is 13.5. The zero-order chi connectivity index (χ0) is 15.2. The number of hydrogen-bond acceptors (Lipinski definition) is 3. The van der Waals surface area contributed by atoms with Crippen molar-refractivity contribution in [2.75, 3.05) is 6.54 Å². The average molecular weight is 303 g/mol. The maximum Gasteiger partial charge on any atom is 0.261 e. The second-order valence-electron chi connectivity index (χ2n) is 5.08. The summed E-state index contributed by atoms with van der Waals surface area (Å²) < 4.78 is 5.90. The molecule has 0 spiro atoms. The number of benzene rings is 1. The van der Waals surface area contributed by atoms with Gasteiger partial charge in [-0.25, -0.2) is 0 Å². The molecule has 2 rings (SSSR count). The fourth-order valence-electron chi connectivity index (χ4n) is 2.08. The lowest BCUT2D eigenvalue weighted by molar-refractivity contribution is 0.0957. The number of hydrogen-bond donors (Lipinski definition) is 1. The van der Waals surface area contributed by atoms with E-state index in [4.69, 9.17) is 4.74 Å². The third-order valence-electron chi connectivity index (χ3n) is 3.21. The summed E-state index contributed by atoms with van der Waals surface area (Å²) in [6.07, 6.45) is 0.944. The Morgan fingerprint density at radius 2 is 2.00 bits per heavy atom. The van der Waals surface area contributed by atoms with Crippen LogP contribution in [0.1, 0.15) is 39.7 Å². The predicted molar refractivity (Wildman–Crippen MR) is 87.2 cm³/mol. The molecule has 0 aliphatic carbocycles. The number of aryl methyl sites for hydroxylation is 2. The summed E-state index contributed by atoms with van der Waals surface area (Å²) in [4.78, 5) is 12.6. The van der Waals surface area contributed by atoms with Crippen molar-refractivity contribution in [2.24, 2.45) is 0 Å². The van der Waals surface area contributed by atoms with E-state index in [0.717, 1.165) is 33.7 Å². The number of para-hydroxylation sites is 1. The molecule has 3 nitrogen and oxygen atoms in total. The third-order valence-corrected chi connectivity index (χ3v) is 4.18. The van der Waals surface area contributed by atoms with Gasteiger partial charge in [-0.1, -0.05) is 25.1 Å². The summed E-state index contributed by atoms with van der Waals surface area (Å²) in [6, 6.07) is 8.01. The van der Waals surface area contributed by atoms with Crippen molar-refractivity contribution < 1.29 is 9.53 Å². The lowest BCUT2D eigenvalue weighted by Gasteiger charge is -2.10. The van der Waals surface area contributed by atoms with Crippen molar-refractivity contribution in [3.8, 4) is 5.75 Å². The minimum absolute atomic E-state index is 0.000159. The molecule has 1 amide bonds. The molecule has 1 N–H and O–H groups in total. The Labute approximate surface area is 130 Å². The molecule has 0 unspecified atom stereocenters. The monoisotopic (exact) mass is 303 g/mol. The van der Waals surface area contributed by atoms with Crippen molar-refractivity contribution in [2.45, 2.75) is 33.8 Å². The van der Waals surface area contributed by atoms with Crippen LogP contribution < -0.4 is 10.1 Å². The molecule has 0 aliphatic rings. The van der Waals surface area contributed by atoms with Gasteiger partial charge in [0.2, 0.25) is 0 Å². The number of ether oxygens (including phenoxy) is 1. The van der Waals surface area contributed by atoms with Crippen LogP contribution in [0.2, 0.25) is 0 Å². The summed E-state index contributed by atoms with van der Waals surface area (Å²) in [7, 11) is 0. The molecule has 0 aliphatic heterocycles. The average Bonchev–Trinajstić information content (AvgIpc) is 2.93. The molecule has 0 radical (unpaired) electrons. The van der Waals surface area contributed by atoms with Gasteiger partial charge >= 0.3 is 0 Å². The van der Waals surface area contributed by atoms with Gasteiger partial charge in [0.25, 0.3) is 5.91 Å². The van der Waals surface area contributed by atoms with E-state index in [0.29, 0.717) is 13.2 Å². The Morgan fingerprint density at radius 1 is 1.29 bits per heavy atom. The van der Waals surface area contributed by atoms with Crippen LogP contribution in [0.4, 0.5) is 0 Å². The smallest absolute Gasteiger partial charge is 0.261 e. The van der Waals surface area contributed by atoms with Crippen molar-refractivity contribution in [3.63, 3.8) is 0 Å². The standard InChI is InChI=1S/C17H21NO2S/c1-4-8-18-17(19)15-9-14(11-21-15)10-20-16-12(2)6-5-7-13(16)3/h5-7,9,11H,4,8,10H2,1-3H3,(H,18,19). The number of thiophene rings is 1. The molecule has 0 atom stereocenters. The highest BCUT2D eigenvalue weighted by atomic mass is 32.1. The summed E-state index contributed by atoms with van der Waals surface area (Å²) >= 11 is 1.46. The molecule has 0 fully saturated rings. The van der Waals surface area contributed by atoms with Crippen LogP contribution >= 0.6 is 11.3 Å². The highest BCUT2D eigenvalue weighted by molar-refractivity contribution is 7.12. The number of amides is 1. The minimum Gasteiger partial charge on any atom is -0.488 e. The van der Waals surface area contributed by atoms with Gasteiger partial charge < -0.3 is 10.1 Å². The Hall–Kier alpha value is -1.81. The van der Waals surface area contributed by atoms with Crippen LogP contribution in [0.5, 0.6) is 5.75 Å².